The minimum absolute atomic E-state index is 0. The van der Waals surface area contributed by atoms with E-state index in [9.17, 15) is 0 Å². The van der Waals surface area contributed by atoms with Crippen LogP contribution in [0.4, 0.5) is 0 Å². The van der Waals surface area contributed by atoms with Gasteiger partial charge in [0, 0.05) is 16.5 Å². The van der Waals surface area contributed by atoms with E-state index in [1.165, 1.54) is 5.56 Å². The van der Waals surface area contributed by atoms with Gasteiger partial charge in [0.2, 0.25) is 0 Å². The van der Waals surface area contributed by atoms with E-state index in [2.05, 4.69) is 19.7 Å². The average molecular weight is 217 g/mol. The van der Waals surface area contributed by atoms with Crippen molar-refractivity contribution in [3.8, 4) is 0 Å². The maximum absolute atomic E-state index is 3.63. The minimum Gasteiger partial charge on any atom is -0.0991 e. The maximum Gasteiger partial charge on any atom is 0 e. The molecule has 0 saturated carbocycles. The molecule has 13 heavy (non-hydrogen) atoms. The van der Waals surface area contributed by atoms with Crippen LogP contribution < -0.4 is 0 Å². The van der Waals surface area contributed by atoms with E-state index in [0.29, 0.717) is 0 Å². The van der Waals surface area contributed by atoms with Gasteiger partial charge in [0.05, 0.1) is 0 Å². The van der Waals surface area contributed by atoms with Crippen molar-refractivity contribution in [3.05, 3.63) is 67.8 Å². The molecule has 1 aromatic carbocycles. The van der Waals surface area contributed by atoms with Gasteiger partial charge in [0.15, 0.2) is 0 Å². The molecule has 72 valence electrons. The fourth-order valence-corrected chi connectivity index (χ4v) is 0.589. The molecular weight excluding hydrogens is 203 g/mol. The Balaban J connectivity index is 0. The van der Waals surface area contributed by atoms with E-state index < -0.39 is 0 Å². The van der Waals surface area contributed by atoms with E-state index in [1.54, 1.807) is 12.2 Å². The summed E-state index contributed by atoms with van der Waals surface area (Å²) >= 11 is 0. The molecule has 0 fully saturated rings. The molecule has 0 unspecified atom stereocenters. The molecule has 0 aliphatic carbocycles. The van der Waals surface area contributed by atoms with Crippen LogP contribution in [-0.4, -0.2) is 0 Å². The third-order valence-corrected chi connectivity index (χ3v) is 1.20. The van der Waals surface area contributed by atoms with Gasteiger partial charge in [-0.1, -0.05) is 68.3 Å². The van der Waals surface area contributed by atoms with Crippen molar-refractivity contribution in [2.75, 3.05) is 0 Å². The van der Waals surface area contributed by atoms with Crippen LogP contribution in [0.2, 0.25) is 0 Å². The summed E-state index contributed by atoms with van der Waals surface area (Å²) in [5.74, 6) is 0. The van der Waals surface area contributed by atoms with Crippen LogP contribution in [0.15, 0.2) is 62.2 Å². The summed E-state index contributed by atoms with van der Waals surface area (Å²) in [5, 5.41) is 0. The molecule has 0 atom stereocenters. The summed E-state index contributed by atoms with van der Waals surface area (Å²) in [5.41, 5.74) is 1.17. The molecule has 0 aliphatic rings. The second-order valence-electron chi connectivity index (χ2n) is 2.09. The molecule has 0 spiro atoms. The fourth-order valence-electron chi connectivity index (χ4n) is 0.589. The average Bonchev–Trinajstić information content (AvgIpc) is 2.19. The van der Waals surface area contributed by atoms with Gasteiger partial charge >= 0.3 is 0 Å². The van der Waals surface area contributed by atoms with Crippen molar-refractivity contribution >= 4 is 6.08 Å². The van der Waals surface area contributed by atoms with Gasteiger partial charge in [-0.3, -0.25) is 0 Å². The van der Waals surface area contributed by atoms with Gasteiger partial charge in [-0.25, -0.2) is 0 Å². The zero-order chi connectivity index (χ0) is 9.23. The molecule has 1 aromatic rings. The monoisotopic (exact) mass is 216 g/mol. The molecular formula is C12H14Ni. The number of hydrogen-bond acceptors (Lipinski definition) is 0. The third kappa shape index (κ3) is 8.84. The van der Waals surface area contributed by atoms with Crippen LogP contribution >= 0.6 is 0 Å². The zero-order valence-electron chi connectivity index (χ0n) is 7.56. The summed E-state index contributed by atoms with van der Waals surface area (Å²) in [6, 6.07) is 10.0. The summed E-state index contributed by atoms with van der Waals surface area (Å²) < 4.78 is 0. The normalized spacial score (nSPS) is 6.77. The number of benzene rings is 1. The molecule has 0 bridgehead atoms. The molecule has 1 rings (SSSR count). The van der Waals surface area contributed by atoms with Crippen LogP contribution in [0.5, 0.6) is 0 Å². The van der Waals surface area contributed by atoms with Crippen molar-refractivity contribution in [3.63, 3.8) is 0 Å². The number of hydrogen-bond donors (Lipinski definition) is 0. The molecule has 0 aromatic heterocycles. The first kappa shape index (κ1) is 14.5. The van der Waals surface area contributed by atoms with Crippen LogP contribution in [-0.2, 0) is 16.5 Å². The number of rotatable bonds is 2. The third-order valence-electron chi connectivity index (χ3n) is 1.20. The van der Waals surface area contributed by atoms with Gasteiger partial charge in [0.1, 0.15) is 0 Å². The van der Waals surface area contributed by atoms with E-state index in [4.69, 9.17) is 0 Å². The Morgan fingerprint density at radius 3 is 1.54 bits per heavy atom. The fraction of sp³-hybridized carbons (Fsp3) is 0. The Labute approximate surface area is 90.6 Å². The number of allylic oxidation sites excluding steroid dienone is 2. The maximum atomic E-state index is 3.63. The zero-order valence-corrected chi connectivity index (χ0v) is 8.54. The first-order valence-corrected chi connectivity index (χ1v) is 3.76. The molecule has 0 heterocycles. The van der Waals surface area contributed by atoms with Gasteiger partial charge in [-0.2, -0.15) is 0 Å². The second-order valence-corrected chi connectivity index (χ2v) is 2.09. The van der Waals surface area contributed by atoms with Crippen LogP contribution in [0.25, 0.3) is 6.08 Å². The molecule has 0 amide bonds. The molecule has 0 saturated heterocycles. The largest absolute Gasteiger partial charge is 0.0991 e. The molecule has 0 radical (unpaired) electrons. The standard InChI is InChI=1S/C8H8.C4H6.Ni/c1-2-8-6-4-3-5-7-8;1-3-4-2;/h2-7H,1H2;3-4H,1-2H2;. The second kappa shape index (κ2) is 10.9. The Morgan fingerprint density at radius 2 is 1.31 bits per heavy atom. The van der Waals surface area contributed by atoms with E-state index in [-0.39, 0.29) is 16.5 Å². The summed E-state index contributed by atoms with van der Waals surface area (Å²) in [7, 11) is 0. The van der Waals surface area contributed by atoms with Crippen molar-refractivity contribution < 1.29 is 16.5 Å². The Hall–Kier alpha value is -1.07. The first-order valence-electron chi connectivity index (χ1n) is 3.76. The van der Waals surface area contributed by atoms with Gasteiger partial charge in [-0.15, -0.1) is 0 Å². The predicted molar refractivity (Wildman–Crippen MR) is 56.9 cm³/mol. The van der Waals surface area contributed by atoms with E-state index in [1.807, 2.05) is 36.4 Å². The van der Waals surface area contributed by atoms with Crippen LogP contribution in [0.1, 0.15) is 5.56 Å². The molecule has 0 aliphatic heterocycles. The molecule has 0 N–H and O–H groups in total. The first-order chi connectivity index (χ1) is 5.85. The van der Waals surface area contributed by atoms with E-state index in [0.717, 1.165) is 0 Å². The minimum atomic E-state index is 0. The van der Waals surface area contributed by atoms with E-state index >= 15 is 0 Å². The van der Waals surface area contributed by atoms with Crippen LogP contribution in [0, 0.1) is 0 Å². The summed E-state index contributed by atoms with van der Waals surface area (Å²) in [4.78, 5) is 0. The predicted octanol–water partition coefficient (Wildman–Crippen LogP) is 3.69. The quantitative estimate of drug-likeness (QED) is 0.523. The van der Waals surface area contributed by atoms with Crippen molar-refractivity contribution in [1.29, 1.82) is 0 Å². The van der Waals surface area contributed by atoms with Gasteiger partial charge < -0.3 is 0 Å². The molecule has 1 heteroatoms. The van der Waals surface area contributed by atoms with Crippen molar-refractivity contribution in [2.45, 2.75) is 0 Å². The topological polar surface area (TPSA) is 0 Å². The van der Waals surface area contributed by atoms with Crippen molar-refractivity contribution in [1.82, 2.24) is 0 Å². The SMILES string of the molecule is C=CC=C.C=Cc1ccccc1.[Ni]. The van der Waals surface area contributed by atoms with Gasteiger partial charge in [-0.05, 0) is 5.56 Å². The summed E-state index contributed by atoms with van der Waals surface area (Å²) in [6.45, 7) is 10.4. The van der Waals surface area contributed by atoms with Crippen LogP contribution in [0.3, 0.4) is 0 Å². The van der Waals surface area contributed by atoms with Gasteiger partial charge in [0.25, 0.3) is 0 Å². The van der Waals surface area contributed by atoms with Crippen molar-refractivity contribution in [2.24, 2.45) is 0 Å². The Bertz CT molecular complexity index is 231. The summed E-state index contributed by atoms with van der Waals surface area (Å²) in [6.07, 6.45) is 5.11. The Kier molecular flexibility index (Phi) is 12.2. The molecule has 0 nitrogen and oxygen atoms in total. The Morgan fingerprint density at radius 1 is 0.846 bits per heavy atom. The smallest absolute Gasteiger partial charge is 0 e.